The number of anilines is 2. The quantitative estimate of drug-likeness (QED) is 0.537. The van der Waals surface area contributed by atoms with Crippen molar-refractivity contribution in [2.45, 2.75) is 13.8 Å². The van der Waals surface area contributed by atoms with E-state index in [-0.39, 0.29) is 24.5 Å². The van der Waals surface area contributed by atoms with Crippen LogP contribution >= 0.6 is 0 Å². The van der Waals surface area contributed by atoms with Crippen molar-refractivity contribution in [1.29, 1.82) is 0 Å². The summed E-state index contributed by atoms with van der Waals surface area (Å²) in [5, 5.41) is 9.04. The Kier molecular flexibility index (Phi) is 3.96. The van der Waals surface area contributed by atoms with Gasteiger partial charge >= 0.3 is 5.97 Å². The Morgan fingerprint density at radius 2 is 2.06 bits per heavy atom. The average Bonchev–Trinajstić information content (AvgIpc) is 2.30. The molecule has 5 nitrogen and oxygen atoms in total. The van der Waals surface area contributed by atoms with E-state index in [0.717, 1.165) is 0 Å². The van der Waals surface area contributed by atoms with Gasteiger partial charge < -0.3 is 21.3 Å². The van der Waals surface area contributed by atoms with Crippen LogP contribution in [0, 0.1) is 5.41 Å². The Balaban J connectivity index is 2.74. The van der Waals surface area contributed by atoms with Gasteiger partial charge in [0, 0.05) is 5.41 Å². The molecule has 0 aliphatic rings. The highest BCUT2D eigenvalue weighted by Crippen LogP contribution is 2.21. The zero-order valence-electron chi connectivity index (χ0n) is 10.1. The molecule has 0 spiro atoms. The van der Waals surface area contributed by atoms with Crippen molar-refractivity contribution >= 4 is 17.3 Å². The molecule has 0 aliphatic heterocycles. The lowest BCUT2D eigenvalue weighted by molar-refractivity contribution is 0.0220. The molecule has 0 unspecified atom stereocenters. The lowest BCUT2D eigenvalue weighted by Gasteiger charge is -2.21. The SMILES string of the molecule is CC(C)(CO)COC(=O)c1cccc(N)c1N. The molecule has 0 amide bonds. The number of nitrogen functional groups attached to an aromatic ring is 2. The minimum Gasteiger partial charge on any atom is -0.461 e. The van der Waals surface area contributed by atoms with Crippen LogP contribution in [-0.2, 0) is 4.74 Å². The monoisotopic (exact) mass is 238 g/mol. The predicted octanol–water partition coefficient (Wildman–Crippen LogP) is 1.03. The van der Waals surface area contributed by atoms with Gasteiger partial charge in [-0.25, -0.2) is 4.79 Å². The third kappa shape index (κ3) is 3.35. The van der Waals surface area contributed by atoms with Crippen molar-refractivity contribution in [3.63, 3.8) is 0 Å². The van der Waals surface area contributed by atoms with E-state index in [1.165, 1.54) is 0 Å². The summed E-state index contributed by atoms with van der Waals surface area (Å²) in [4.78, 5) is 11.7. The number of hydrogen-bond acceptors (Lipinski definition) is 5. The lowest BCUT2D eigenvalue weighted by atomic mass is 9.96. The number of hydrogen-bond donors (Lipinski definition) is 3. The fraction of sp³-hybridized carbons (Fsp3) is 0.417. The highest BCUT2D eigenvalue weighted by molar-refractivity contribution is 5.97. The van der Waals surface area contributed by atoms with E-state index in [1.54, 1.807) is 32.0 Å². The molecule has 1 aromatic carbocycles. The van der Waals surface area contributed by atoms with Gasteiger partial charge in [0.2, 0.25) is 0 Å². The Labute approximate surface area is 100 Å². The normalized spacial score (nSPS) is 11.2. The number of carbonyl (C=O) groups is 1. The highest BCUT2D eigenvalue weighted by atomic mass is 16.5. The molecule has 17 heavy (non-hydrogen) atoms. The van der Waals surface area contributed by atoms with Crippen molar-refractivity contribution < 1.29 is 14.6 Å². The van der Waals surface area contributed by atoms with Crippen molar-refractivity contribution in [2.75, 3.05) is 24.7 Å². The average molecular weight is 238 g/mol. The van der Waals surface area contributed by atoms with Crippen LogP contribution in [0.5, 0.6) is 0 Å². The van der Waals surface area contributed by atoms with Crippen molar-refractivity contribution in [3.05, 3.63) is 23.8 Å². The van der Waals surface area contributed by atoms with Gasteiger partial charge in [0.1, 0.15) is 0 Å². The van der Waals surface area contributed by atoms with Gasteiger partial charge in [0.05, 0.1) is 30.2 Å². The molecule has 0 radical (unpaired) electrons. The van der Waals surface area contributed by atoms with E-state index in [1.807, 2.05) is 0 Å². The topological polar surface area (TPSA) is 98.6 Å². The minimum atomic E-state index is -0.531. The Morgan fingerprint density at radius 1 is 1.41 bits per heavy atom. The number of aliphatic hydroxyl groups is 1. The Morgan fingerprint density at radius 3 is 2.65 bits per heavy atom. The Hall–Kier alpha value is -1.75. The minimum absolute atomic E-state index is 0.0628. The van der Waals surface area contributed by atoms with Crippen LogP contribution in [0.1, 0.15) is 24.2 Å². The van der Waals surface area contributed by atoms with Crippen molar-refractivity contribution in [3.8, 4) is 0 Å². The molecule has 1 aromatic rings. The molecule has 0 aromatic heterocycles. The number of benzene rings is 1. The maximum atomic E-state index is 11.7. The molecule has 0 saturated heterocycles. The molecular formula is C12H18N2O3. The Bertz CT molecular complexity index is 416. The van der Waals surface area contributed by atoms with Gasteiger partial charge in [0.15, 0.2) is 0 Å². The largest absolute Gasteiger partial charge is 0.461 e. The summed E-state index contributed by atoms with van der Waals surface area (Å²) in [5.41, 5.74) is 11.6. The lowest BCUT2D eigenvalue weighted by Crippen LogP contribution is -2.25. The fourth-order valence-corrected chi connectivity index (χ4v) is 1.15. The maximum absolute atomic E-state index is 11.7. The first kappa shape index (κ1) is 13.3. The third-order valence-electron chi connectivity index (χ3n) is 2.38. The zero-order valence-corrected chi connectivity index (χ0v) is 10.1. The molecule has 0 atom stereocenters. The van der Waals surface area contributed by atoms with Gasteiger partial charge in [-0.05, 0) is 12.1 Å². The molecule has 0 bridgehead atoms. The van der Waals surface area contributed by atoms with E-state index in [0.29, 0.717) is 5.69 Å². The van der Waals surface area contributed by atoms with Gasteiger partial charge in [-0.2, -0.15) is 0 Å². The third-order valence-corrected chi connectivity index (χ3v) is 2.38. The number of aliphatic hydroxyl groups excluding tert-OH is 1. The molecule has 0 fully saturated rings. The summed E-state index contributed by atoms with van der Waals surface area (Å²) in [5.74, 6) is -0.531. The van der Waals surface area contributed by atoms with Crippen LogP contribution in [-0.4, -0.2) is 24.3 Å². The van der Waals surface area contributed by atoms with Crippen molar-refractivity contribution in [2.24, 2.45) is 5.41 Å². The van der Waals surface area contributed by atoms with Crippen LogP contribution in [0.15, 0.2) is 18.2 Å². The second kappa shape index (κ2) is 5.05. The molecule has 1 rings (SSSR count). The van der Waals surface area contributed by atoms with Gasteiger partial charge in [-0.1, -0.05) is 19.9 Å². The van der Waals surface area contributed by atoms with E-state index in [9.17, 15) is 4.79 Å². The summed E-state index contributed by atoms with van der Waals surface area (Å²) < 4.78 is 5.09. The fourth-order valence-electron chi connectivity index (χ4n) is 1.15. The maximum Gasteiger partial charge on any atom is 0.340 e. The molecule has 0 aliphatic carbocycles. The van der Waals surface area contributed by atoms with Crippen LogP contribution in [0.2, 0.25) is 0 Å². The summed E-state index contributed by atoms with van der Waals surface area (Å²) in [7, 11) is 0. The first-order valence-corrected chi connectivity index (χ1v) is 5.29. The second-order valence-corrected chi connectivity index (χ2v) is 4.71. The van der Waals surface area contributed by atoms with Gasteiger partial charge in [-0.3, -0.25) is 0 Å². The summed E-state index contributed by atoms with van der Waals surface area (Å²) in [6.07, 6.45) is 0. The van der Waals surface area contributed by atoms with Crippen LogP contribution in [0.25, 0.3) is 0 Å². The van der Waals surface area contributed by atoms with E-state index in [2.05, 4.69) is 0 Å². The van der Waals surface area contributed by atoms with Gasteiger partial charge in [0.25, 0.3) is 0 Å². The van der Waals surface area contributed by atoms with Crippen LogP contribution in [0.4, 0.5) is 11.4 Å². The van der Waals surface area contributed by atoms with E-state index < -0.39 is 11.4 Å². The number of para-hydroxylation sites is 1. The van der Waals surface area contributed by atoms with E-state index >= 15 is 0 Å². The number of esters is 1. The molecule has 5 heteroatoms. The highest BCUT2D eigenvalue weighted by Gasteiger charge is 2.20. The van der Waals surface area contributed by atoms with Gasteiger partial charge in [-0.15, -0.1) is 0 Å². The zero-order chi connectivity index (χ0) is 13.1. The standard InChI is InChI=1S/C12H18N2O3/c1-12(2,6-15)7-17-11(16)8-4-3-5-9(13)10(8)14/h3-5,15H,6-7,13-14H2,1-2H3. The second-order valence-electron chi connectivity index (χ2n) is 4.71. The van der Waals surface area contributed by atoms with Crippen LogP contribution < -0.4 is 11.5 Å². The summed E-state index contributed by atoms with van der Waals surface area (Å²) in [6, 6.07) is 4.81. The number of rotatable bonds is 4. The van der Waals surface area contributed by atoms with Crippen LogP contribution in [0.3, 0.4) is 0 Å². The molecule has 94 valence electrons. The number of nitrogens with two attached hydrogens (primary N) is 2. The van der Waals surface area contributed by atoms with Crippen molar-refractivity contribution in [1.82, 2.24) is 0 Å². The smallest absolute Gasteiger partial charge is 0.340 e. The predicted molar refractivity (Wildman–Crippen MR) is 66.4 cm³/mol. The molecule has 5 N–H and O–H groups in total. The molecule has 0 saturated carbocycles. The first-order valence-electron chi connectivity index (χ1n) is 5.29. The molecular weight excluding hydrogens is 220 g/mol. The number of ether oxygens (including phenoxy) is 1. The molecule has 0 heterocycles. The first-order chi connectivity index (χ1) is 7.87. The van der Waals surface area contributed by atoms with E-state index in [4.69, 9.17) is 21.3 Å². The summed E-state index contributed by atoms with van der Waals surface area (Å²) in [6.45, 7) is 3.65. The summed E-state index contributed by atoms with van der Waals surface area (Å²) >= 11 is 0. The number of carbonyl (C=O) groups excluding carboxylic acids is 1.